The van der Waals surface area contributed by atoms with Gasteiger partial charge in [0.1, 0.15) is 5.52 Å². The molecule has 88 valence electrons. The lowest BCUT2D eigenvalue weighted by Crippen LogP contribution is -1.97. The molecule has 1 heterocycles. The van der Waals surface area contributed by atoms with Crippen LogP contribution in [0.3, 0.4) is 0 Å². The Kier molecular flexibility index (Phi) is 3.99. The van der Waals surface area contributed by atoms with E-state index in [1.165, 1.54) is 13.3 Å². The molecule has 0 saturated carbocycles. The van der Waals surface area contributed by atoms with E-state index in [9.17, 15) is 8.78 Å². The average molecular weight is 226 g/mol. The van der Waals surface area contributed by atoms with E-state index in [-0.39, 0.29) is 11.1 Å². The second kappa shape index (κ2) is 5.05. The number of nitrogens with zero attached hydrogens (tertiary/aromatic N) is 2. The summed E-state index contributed by atoms with van der Waals surface area (Å²) in [6.45, 7) is 7.97. The van der Waals surface area contributed by atoms with Crippen molar-refractivity contribution in [2.75, 3.05) is 0 Å². The third-order valence-electron chi connectivity index (χ3n) is 2.31. The lowest BCUT2D eigenvalue weighted by Gasteiger charge is -2.02. The molecule has 16 heavy (non-hydrogen) atoms. The molecule has 1 aromatic heterocycles. The van der Waals surface area contributed by atoms with Gasteiger partial charge in [-0.15, -0.1) is 0 Å². The highest BCUT2D eigenvalue weighted by atomic mass is 19.2. The van der Waals surface area contributed by atoms with Gasteiger partial charge >= 0.3 is 0 Å². The summed E-state index contributed by atoms with van der Waals surface area (Å²) in [5.41, 5.74) is 1.04. The van der Waals surface area contributed by atoms with E-state index >= 15 is 0 Å². The van der Waals surface area contributed by atoms with Gasteiger partial charge in [0, 0.05) is 6.54 Å². The summed E-state index contributed by atoms with van der Waals surface area (Å²) in [6, 6.07) is 1.56. The van der Waals surface area contributed by atoms with Crippen LogP contribution in [0, 0.1) is 18.6 Å². The van der Waals surface area contributed by atoms with Gasteiger partial charge in [-0.3, -0.25) is 0 Å². The minimum atomic E-state index is -0.806. The minimum Gasteiger partial charge on any atom is -0.328 e. The zero-order chi connectivity index (χ0) is 12.3. The Morgan fingerprint density at radius 2 is 1.88 bits per heavy atom. The topological polar surface area (TPSA) is 17.8 Å². The Morgan fingerprint density at radius 3 is 2.44 bits per heavy atom. The molecule has 0 saturated heterocycles. The van der Waals surface area contributed by atoms with Crippen LogP contribution in [0.4, 0.5) is 8.78 Å². The summed E-state index contributed by atoms with van der Waals surface area (Å²) in [6.07, 6.45) is 1.52. The third-order valence-corrected chi connectivity index (χ3v) is 2.31. The Bertz CT molecular complexity index is 489. The molecule has 0 aliphatic heterocycles. The molecular formula is C12H16F2N2. The van der Waals surface area contributed by atoms with Crippen LogP contribution >= 0.6 is 0 Å². The van der Waals surface area contributed by atoms with Crippen LogP contribution in [0.15, 0.2) is 12.4 Å². The molecule has 4 heteroatoms. The Morgan fingerprint density at radius 1 is 1.25 bits per heavy atom. The molecule has 0 fully saturated rings. The maximum absolute atomic E-state index is 13.5. The number of rotatable bonds is 1. The van der Waals surface area contributed by atoms with Crippen molar-refractivity contribution >= 4 is 11.0 Å². The van der Waals surface area contributed by atoms with E-state index in [2.05, 4.69) is 4.98 Å². The van der Waals surface area contributed by atoms with Crippen molar-refractivity contribution in [3.63, 3.8) is 0 Å². The smallest absolute Gasteiger partial charge is 0.184 e. The minimum absolute atomic E-state index is 0.246. The van der Waals surface area contributed by atoms with Crippen LogP contribution in [0.2, 0.25) is 0 Å². The second-order valence-electron chi connectivity index (χ2n) is 3.22. The van der Waals surface area contributed by atoms with E-state index in [4.69, 9.17) is 0 Å². The largest absolute Gasteiger partial charge is 0.328 e. The molecule has 2 nitrogen and oxygen atoms in total. The zero-order valence-electron chi connectivity index (χ0n) is 10.0. The van der Waals surface area contributed by atoms with Crippen LogP contribution in [-0.4, -0.2) is 9.55 Å². The molecule has 0 amide bonds. The molecule has 0 bridgehead atoms. The summed E-state index contributed by atoms with van der Waals surface area (Å²) in [7, 11) is 0. The van der Waals surface area contributed by atoms with Gasteiger partial charge in [0.05, 0.1) is 11.8 Å². The number of hydrogen-bond acceptors (Lipinski definition) is 1. The van der Waals surface area contributed by atoms with Crippen molar-refractivity contribution in [2.24, 2.45) is 0 Å². The monoisotopic (exact) mass is 226 g/mol. The standard InChI is InChI=1S/C10H10F2N2.C2H6/c1-3-14-5-13-7-4-6(2)8(11)9(12)10(7)14;1-2/h4-5H,3H2,1-2H3;1-2H3. The molecule has 0 N–H and O–H groups in total. The summed E-state index contributed by atoms with van der Waals surface area (Å²) >= 11 is 0. The van der Waals surface area contributed by atoms with Gasteiger partial charge in [-0.05, 0) is 25.5 Å². The lowest BCUT2D eigenvalue weighted by molar-refractivity contribution is 0.506. The van der Waals surface area contributed by atoms with Crippen molar-refractivity contribution in [3.05, 3.63) is 29.6 Å². The van der Waals surface area contributed by atoms with Crippen LogP contribution in [0.25, 0.3) is 11.0 Å². The number of hydrogen-bond donors (Lipinski definition) is 0. The lowest BCUT2D eigenvalue weighted by atomic mass is 10.2. The van der Waals surface area contributed by atoms with Crippen molar-refractivity contribution in [1.29, 1.82) is 0 Å². The molecule has 2 aromatic rings. The van der Waals surface area contributed by atoms with Crippen LogP contribution in [0.5, 0.6) is 0 Å². The van der Waals surface area contributed by atoms with Crippen LogP contribution in [-0.2, 0) is 6.54 Å². The van der Waals surface area contributed by atoms with Crippen LogP contribution < -0.4 is 0 Å². The fraction of sp³-hybridized carbons (Fsp3) is 0.417. The third kappa shape index (κ3) is 1.92. The summed E-state index contributed by atoms with van der Waals surface area (Å²) in [5, 5.41) is 0. The maximum Gasteiger partial charge on any atom is 0.184 e. The molecule has 0 atom stereocenters. The summed E-state index contributed by atoms with van der Waals surface area (Å²) in [4.78, 5) is 4.01. The van der Waals surface area contributed by atoms with Crippen molar-refractivity contribution in [1.82, 2.24) is 9.55 Å². The van der Waals surface area contributed by atoms with Crippen molar-refractivity contribution < 1.29 is 8.78 Å². The summed E-state index contributed by atoms with van der Waals surface area (Å²) < 4.78 is 28.3. The predicted octanol–water partition coefficient (Wildman–Crippen LogP) is 3.67. The van der Waals surface area contributed by atoms with E-state index in [1.54, 1.807) is 10.6 Å². The highest BCUT2D eigenvalue weighted by molar-refractivity contribution is 5.77. The second-order valence-corrected chi connectivity index (χ2v) is 3.22. The SMILES string of the molecule is CC.CCn1cnc2cc(C)c(F)c(F)c21. The van der Waals surface area contributed by atoms with Crippen molar-refractivity contribution in [3.8, 4) is 0 Å². The first kappa shape index (κ1) is 12.6. The number of halogens is 2. The van der Waals surface area contributed by atoms with Gasteiger partial charge in [-0.25, -0.2) is 13.8 Å². The normalized spacial score (nSPS) is 10.1. The van der Waals surface area contributed by atoms with E-state index in [0.717, 1.165) is 0 Å². The molecule has 0 radical (unpaired) electrons. The predicted molar refractivity (Wildman–Crippen MR) is 61.4 cm³/mol. The van der Waals surface area contributed by atoms with E-state index in [0.29, 0.717) is 12.1 Å². The van der Waals surface area contributed by atoms with Gasteiger partial charge in [0.2, 0.25) is 0 Å². The van der Waals surface area contributed by atoms with E-state index in [1.807, 2.05) is 20.8 Å². The molecule has 2 rings (SSSR count). The first-order valence-electron chi connectivity index (χ1n) is 5.44. The van der Waals surface area contributed by atoms with Crippen molar-refractivity contribution in [2.45, 2.75) is 34.2 Å². The Labute approximate surface area is 93.9 Å². The zero-order valence-corrected chi connectivity index (χ0v) is 10.0. The molecule has 0 aliphatic carbocycles. The summed E-state index contributed by atoms with van der Waals surface area (Å²) in [5.74, 6) is -1.59. The Hall–Kier alpha value is -1.45. The van der Waals surface area contributed by atoms with E-state index < -0.39 is 11.6 Å². The fourth-order valence-corrected chi connectivity index (χ4v) is 1.53. The van der Waals surface area contributed by atoms with Gasteiger partial charge in [-0.2, -0.15) is 0 Å². The quantitative estimate of drug-likeness (QED) is 0.725. The van der Waals surface area contributed by atoms with Crippen LogP contribution in [0.1, 0.15) is 26.3 Å². The molecule has 0 aliphatic rings. The maximum atomic E-state index is 13.5. The molecule has 1 aromatic carbocycles. The number of imidazole rings is 1. The molecule has 0 unspecified atom stereocenters. The van der Waals surface area contributed by atoms with Gasteiger partial charge in [0.15, 0.2) is 11.6 Å². The molecule has 0 spiro atoms. The highest BCUT2D eigenvalue weighted by Crippen LogP contribution is 2.22. The number of benzene rings is 1. The number of aryl methyl sites for hydroxylation is 2. The average Bonchev–Trinajstić information content (AvgIpc) is 2.71. The first-order valence-corrected chi connectivity index (χ1v) is 5.44. The fourth-order valence-electron chi connectivity index (χ4n) is 1.53. The Balaban J connectivity index is 0.000000606. The highest BCUT2D eigenvalue weighted by Gasteiger charge is 2.14. The number of fused-ring (bicyclic) bond motifs is 1. The van der Waals surface area contributed by atoms with Gasteiger partial charge in [-0.1, -0.05) is 13.8 Å². The van der Waals surface area contributed by atoms with Gasteiger partial charge in [0.25, 0.3) is 0 Å². The molecular weight excluding hydrogens is 210 g/mol. The first-order chi connectivity index (χ1) is 7.65. The van der Waals surface area contributed by atoms with Gasteiger partial charge < -0.3 is 4.57 Å². The number of aromatic nitrogens is 2.